The number of likely N-dealkylation sites (tertiary alicyclic amines) is 4. The van der Waals surface area contributed by atoms with E-state index in [-0.39, 0.29) is 48.0 Å². The van der Waals surface area contributed by atoms with E-state index in [1.807, 2.05) is 80.8 Å². The van der Waals surface area contributed by atoms with Gasteiger partial charge in [0.2, 0.25) is 23.8 Å². The van der Waals surface area contributed by atoms with Crippen LogP contribution in [-0.4, -0.2) is 244 Å². The number of fused-ring (bicyclic) bond motifs is 4. The van der Waals surface area contributed by atoms with Gasteiger partial charge in [-0.25, -0.2) is 19.9 Å². The first-order valence-corrected chi connectivity index (χ1v) is 53.8. The lowest BCUT2D eigenvalue weighted by atomic mass is 9.89. The first-order valence-electron chi connectivity index (χ1n) is 53.8. The van der Waals surface area contributed by atoms with Gasteiger partial charge in [-0.05, 0) is 284 Å². The van der Waals surface area contributed by atoms with Gasteiger partial charge in [0.1, 0.15) is 28.3 Å². The number of aliphatic imine (C=N–C) groups is 1. The average molecular weight is 1940 g/mol. The van der Waals surface area contributed by atoms with Gasteiger partial charge in [-0.15, -0.1) is 5.10 Å². The smallest absolute Gasteiger partial charge is 0.274 e. The molecule has 0 aromatic carbocycles. The van der Waals surface area contributed by atoms with Gasteiger partial charge in [-0.2, -0.15) is 25.0 Å². The molecule has 0 spiro atoms. The molecule has 5 aliphatic heterocycles. The van der Waals surface area contributed by atoms with Crippen molar-refractivity contribution in [3.63, 3.8) is 0 Å². The lowest BCUT2D eigenvalue weighted by Crippen LogP contribution is -2.41. The van der Waals surface area contributed by atoms with E-state index in [1.54, 1.807) is 36.9 Å². The maximum absolute atomic E-state index is 12.9. The average Bonchev–Trinajstić information content (AvgIpc) is 1.63. The number of aliphatic hydroxyl groups excluding tert-OH is 4. The van der Waals surface area contributed by atoms with Gasteiger partial charge >= 0.3 is 0 Å². The van der Waals surface area contributed by atoms with E-state index in [2.05, 4.69) is 150 Å². The monoisotopic (exact) mass is 1940 g/mol. The van der Waals surface area contributed by atoms with Crippen LogP contribution < -0.4 is 21.3 Å². The van der Waals surface area contributed by atoms with Gasteiger partial charge in [0.25, 0.3) is 23.6 Å². The maximum atomic E-state index is 12.9. The number of aliphatic hydroxyl groups is 4. The number of carbonyl (C=O) groups is 4. The molecule has 4 atom stereocenters. The van der Waals surface area contributed by atoms with Gasteiger partial charge in [0.15, 0.2) is 5.69 Å². The number of carbonyl (C=O) groups excluding carboxylic acids is 4. The second kappa shape index (κ2) is 48.3. The van der Waals surface area contributed by atoms with Crippen molar-refractivity contribution >= 4 is 97.3 Å². The number of allylic oxidation sites excluding steroid dienone is 3. The van der Waals surface area contributed by atoms with Crippen LogP contribution in [0.5, 0.6) is 0 Å². The Hall–Kier alpha value is -11.5. The van der Waals surface area contributed by atoms with Crippen LogP contribution in [0, 0.1) is 0 Å². The first kappa shape index (κ1) is 102. The fourth-order valence-corrected chi connectivity index (χ4v) is 23.5. The molecule has 10 aromatic rings. The standard InChI is InChI=1S/C28H38N6O2.C28H39N5O2.C27H37N7O2.C27H38N6O2/c1-3-5-19(2)31-28-30-17-24-25(18-34(26(24)32-28)22-7-9-23(35)10-8-22)20-11-14-33(15-12-20)27(36)21-6-4-13-29-16-21;1-3-6-19(2)30-28-29-17-24-25(18-33(26(24)31-28)22-9-11-23(34)12-10-22)20-13-15-32(16-14-20)27(35)21-7-4-5-8-21;1-3-5-18(2)30-27-28-16-22-23(17-34(25(22)31-27)20-7-9-21(35)10-8-20)19-11-14-33(15-12-19)26(36)24-6-4-13-29-32-24;1-3-5-18(2)30-27-29-16-22-23(17-33(25(22)31-27)20-7-9-21(34)10-8-20)19-11-14-32(15-12-19)26(35)24-6-4-13-28-24/h4,6,13,16-20,22-23,35H,3,5,7-12,14-15H2,1-2H3,(H,30,31,32);4,7-8,17-20,22-23,34H,3,5-6,9-16H2,1-2H3,(H,29,30,31);4,6,13,16-21,35H,3,5,7-12,14-15H2,1-2H3,(H,28,30,31);4,13,16-21,34H,3,5-12,14-15H2,1-2H3,(H,29,30,31)/t2*19-,22?,23?;2*18-,20?,21?/m0000/s1. The molecule has 0 bridgehead atoms. The first-order chi connectivity index (χ1) is 69.1. The van der Waals surface area contributed by atoms with Crippen molar-refractivity contribution in [2.75, 3.05) is 73.6 Å². The second-order valence-corrected chi connectivity index (χ2v) is 42.0. The zero-order chi connectivity index (χ0) is 98.9. The predicted octanol–water partition coefficient (Wildman–Crippen LogP) is 18.9. The SMILES string of the molecule is CCC[C@H](C)Nc1ncc2c(C3CCN(C(=O)C4=CCC=C4)CC3)cn(C3CCC(O)CC3)c2n1.CCC[C@H](C)Nc1ncc2c(C3CCN(C(=O)C4=NC=CC4)CC3)cn(C3CCC(O)CC3)c2n1.CCC[C@H](C)Nc1ncc2c(C3CCN(C(=O)c4cccnc4)CC3)cn(C3CCC(O)CC3)c2n1.CCC[C@H](C)Nc1ncc2c(C3CCN(C(=O)c4cccnn4)CC3)cn(C3CCC(O)CC3)c2n1. The number of amides is 4. The number of rotatable bonds is 28. The zero-order valence-corrected chi connectivity index (χ0v) is 84.8. The quantitative estimate of drug-likeness (QED) is 0.0226. The van der Waals surface area contributed by atoms with Crippen LogP contribution in [0.1, 0.15) is 365 Å². The fraction of sp³-hybridized carbons (Fsp3) is 0.600. The van der Waals surface area contributed by atoms with Crippen molar-refractivity contribution in [2.45, 2.75) is 370 Å². The van der Waals surface area contributed by atoms with Crippen molar-refractivity contribution < 1.29 is 39.6 Å². The minimum Gasteiger partial charge on any atom is -0.393 e. The number of pyridine rings is 1. The summed E-state index contributed by atoms with van der Waals surface area (Å²) in [6.07, 6.45) is 63.0. The summed E-state index contributed by atoms with van der Waals surface area (Å²) in [4.78, 5) is 106. The molecule has 4 amide bonds. The van der Waals surface area contributed by atoms with Crippen molar-refractivity contribution in [1.82, 2.24) is 92.9 Å². The molecule has 0 radical (unpaired) electrons. The lowest BCUT2D eigenvalue weighted by molar-refractivity contribution is -0.128. The van der Waals surface area contributed by atoms with E-state index in [4.69, 9.17) is 29.9 Å². The lowest BCUT2D eigenvalue weighted by Gasteiger charge is -2.32. The summed E-state index contributed by atoms with van der Waals surface area (Å²) in [6.45, 7) is 23.4. The molecule has 760 valence electrons. The third-order valence-corrected chi connectivity index (χ3v) is 31.5. The number of aromatic nitrogens is 15. The fourth-order valence-electron chi connectivity index (χ4n) is 23.5. The number of hydrogen-bond donors (Lipinski definition) is 8. The Morgan fingerprint density at radius 3 is 0.993 bits per heavy atom. The Kier molecular flexibility index (Phi) is 34.7. The highest BCUT2D eigenvalue weighted by Gasteiger charge is 2.38. The van der Waals surface area contributed by atoms with Gasteiger partial charge in [-0.1, -0.05) is 77.7 Å². The van der Waals surface area contributed by atoms with Crippen molar-refractivity contribution in [2.24, 2.45) is 4.99 Å². The minimum atomic E-state index is -0.194. The van der Waals surface area contributed by atoms with Gasteiger partial charge in [0.05, 0.1) is 30.0 Å². The topological polar surface area (TPSA) is 384 Å². The third kappa shape index (κ3) is 24.8. The minimum absolute atomic E-state index is 0.0509. The molecule has 32 nitrogen and oxygen atoms in total. The van der Waals surface area contributed by atoms with Crippen LogP contribution in [0.3, 0.4) is 0 Å². The van der Waals surface area contributed by atoms with Gasteiger partial charge in [0, 0.05) is 209 Å². The zero-order valence-electron chi connectivity index (χ0n) is 84.8. The van der Waals surface area contributed by atoms with Crippen LogP contribution in [0.25, 0.3) is 44.1 Å². The molecule has 20 rings (SSSR count). The summed E-state index contributed by atoms with van der Waals surface area (Å²) in [7, 11) is 0. The highest BCUT2D eigenvalue weighted by atomic mass is 16.3. The second-order valence-electron chi connectivity index (χ2n) is 42.0. The molecule has 10 aliphatic rings. The van der Waals surface area contributed by atoms with E-state index >= 15 is 0 Å². The van der Waals surface area contributed by atoms with E-state index < -0.39 is 0 Å². The van der Waals surface area contributed by atoms with Gasteiger partial charge < -0.3 is 79.6 Å². The number of piperidine rings is 4. The molecule has 8 N–H and O–H groups in total. The Morgan fingerprint density at radius 2 is 0.704 bits per heavy atom. The predicted molar refractivity (Wildman–Crippen MR) is 558 cm³/mol. The summed E-state index contributed by atoms with van der Waals surface area (Å²) in [5.41, 5.74) is 11.7. The van der Waals surface area contributed by atoms with Crippen LogP contribution in [0.4, 0.5) is 23.8 Å². The normalized spacial score (nSPS) is 23.0. The highest BCUT2D eigenvalue weighted by Crippen LogP contribution is 2.45. The van der Waals surface area contributed by atoms with Crippen molar-refractivity contribution in [3.05, 3.63) is 162 Å². The van der Waals surface area contributed by atoms with Crippen LogP contribution >= 0.6 is 0 Å². The molecule has 5 aliphatic carbocycles. The Morgan fingerprint density at radius 1 is 0.380 bits per heavy atom. The summed E-state index contributed by atoms with van der Waals surface area (Å²) in [6, 6.07) is 9.78. The van der Waals surface area contributed by atoms with Gasteiger partial charge in [-0.3, -0.25) is 29.2 Å². The van der Waals surface area contributed by atoms with Crippen molar-refractivity contribution in [3.8, 4) is 0 Å². The Bertz CT molecular complexity index is 5800. The van der Waals surface area contributed by atoms with E-state index in [1.165, 1.54) is 22.3 Å². The molecule has 15 heterocycles. The van der Waals surface area contributed by atoms with E-state index in [9.17, 15) is 39.6 Å². The Balaban J connectivity index is 0.000000130. The van der Waals surface area contributed by atoms with E-state index in [0.717, 1.165) is 301 Å². The maximum Gasteiger partial charge on any atom is 0.274 e. The molecule has 10 aromatic heterocycles. The molecule has 8 fully saturated rings. The number of anilines is 4. The molecule has 0 unspecified atom stereocenters. The molecule has 4 saturated carbocycles. The van der Waals surface area contributed by atoms with Crippen LogP contribution in [-0.2, 0) is 9.59 Å². The molecular formula is C110H152N24O8. The van der Waals surface area contributed by atoms with Crippen LogP contribution in [0.2, 0.25) is 0 Å². The molecule has 32 heteroatoms. The number of nitrogens with one attached hydrogen (secondary N) is 4. The largest absolute Gasteiger partial charge is 0.393 e. The summed E-state index contributed by atoms with van der Waals surface area (Å²) in [5, 5.41) is 66.4. The number of nitrogens with zero attached hydrogens (tertiary/aromatic N) is 20. The van der Waals surface area contributed by atoms with Crippen LogP contribution in [0.15, 0.2) is 134 Å². The number of hydrogen-bond acceptors (Lipinski definition) is 24. The Labute approximate surface area is 835 Å². The summed E-state index contributed by atoms with van der Waals surface area (Å²) >= 11 is 0. The third-order valence-electron chi connectivity index (χ3n) is 31.5. The molecular weight excluding hydrogens is 1790 g/mol. The van der Waals surface area contributed by atoms with E-state index in [0.29, 0.717) is 132 Å². The summed E-state index contributed by atoms with van der Waals surface area (Å²) in [5.74, 6) is 4.47. The molecule has 4 saturated heterocycles. The summed E-state index contributed by atoms with van der Waals surface area (Å²) < 4.78 is 9.40. The molecule has 142 heavy (non-hydrogen) atoms. The van der Waals surface area contributed by atoms with Crippen molar-refractivity contribution in [1.29, 1.82) is 0 Å². The highest BCUT2D eigenvalue weighted by molar-refractivity contribution is 6.39.